The zero-order chi connectivity index (χ0) is 29.7. The van der Waals surface area contributed by atoms with Crippen LogP contribution in [0.4, 0.5) is 4.79 Å². The van der Waals surface area contributed by atoms with Crippen molar-refractivity contribution in [3.05, 3.63) is 90.2 Å². The van der Waals surface area contributed by atoms with Crippen LogP contribution in [0.1, 0.15) is 48.9 Å². The van der Waals surface area contributed by atoms with Gasteiger partial charge < -0.3 is 14.2 Å². The molecule has 0 saturated carbocycles. The molecule has 0 bridgehead atoms. The lowest BCUT2D eigenvalue weighted by Crippen LogP contribution is -2.32. The summed E-state index contributed by atoms with van der Waals surface area (Å²) in [5.74, 6) is 1.72. The Kier molecular flexibility index (Phi) is 10.7. The molecule has 2 amide bonds. The third-order valence-corrected chi connectivity index (χ3v) is 8.47. The number of carbonyl (C=O) groups is 2. The third kappa shape index (κ3) is 7.80. The van der Waals surface area contributed by atoms with Gasteiger partial charge in [0.2, 0.25) is 0 Å². The molecule has 0 N–H and O–H groups in total. The van der Waals surface area contributed by atoms with Crippen molar-refractivity contribution in [1.82, 2.24) is 4.90 Å². The number of rotatable bonds is 11. The summed E-state index contributed by atoms with van der Waals surface area (Å²) < 4.78 is 18.5. The monoisotopic (exact) mass is 677 g/mol. The average molecular weight is 679 g/mol. The van der Waals surface area contributed by atoms with Gasteiger partial charge in [-0.25, -0.2) is 0 Å². The van der Waals surface area contributed by atoms with E-state index in [9.17, 15) is 9.59 Å². The van der Waals surface area contributed by atoms with Crippen molar-refractivity contribution in [1.29, 1.82) is 0 Å². The van der Waals surface area contributed by atoms with Crippen molar-refractivity contribution in [2.75, 3.05) is 19.8 Å². The fraction of sp³-hybridized carbons (Fsp3) is 0.290. The highest BCUT2D eigenvalue weighted by atomic mass is 79.9. The van der Waals surface area contributed by atoms with Crippen LogP contribution in [0.25, 0.3) is 6.08 Å². The van der Waals surface area contributed by atoms with E-state index in [2.05, 4.69) is 35.8 Å². The molecule has 10 heteroatoms. The Morgan fingerprint density at radius 2 is 1.76 bits per heavy atom. The van der Waals surface area contributed by atoms with E-state index >= 15 is 0 Å². The third-order valence-electron chi connectivity index (χ3n) is 6.23. The van der Waals surface area contributed by atoms with Gasteiger partial charge in [-0.05, 0) is 106 Å². The van der Waals surface area contributed by atoms with Crippen LogP contribution in [-0.2, 0) is 11.4 Å². The van der Waals surface area contributed by atoms with E-state index in [0.717, 1.165) is 34.2 Å². The minimum atomic E-state index is -0.356. The van der Waals surface area contributed by atoms with Gasteiger partial charge in [0.05, 0.1) is 32.6 Å². The standard InChI is InChI=1S/C31H30BrCl2NO5S/c1-5-38-27-15-21(13-23(32)29(27)40-17-20-7-9-24(33)25(34)14-20)16-28-30(36)35(31(37)41-28)10-11-39-26-12-19(4)6-8-22(26)18(2)3/h6-9,12-16,18H,5,10-11,17H2,1-4H3/b28-16-. The highest BCUT2D eigenvalue weighted by Gasteiger charge is 2.35. The molecule has 1 aliphatic heterocycles. The number of ether oxygens (including phenoxy) is 3. The molecule has 1 heterocycles. The van der Waals surface area contributed by atoms with Crippen LogP contribution in [0, 0.1) is 6.92 Å². The molecule has 1 saturated heterocycles. The molecule has 3 aromatic carbocycles. The Morgan fingerprint density at radius 3 is 2.46 bits per heavy atom. The lowest BCUT2D eigenvalue weighted by molar-refractivity contribution is -0.123. The molecule has 1 fully saturated rings. The average Bonchev–Trinajstić information content (AvgIpc) is 3.17. The van der Waals surface area contributed by atoms with E-state index in [1.807, 2.05) is 38.1 Å². The number of thioether (sulfide) groups is 1. The molecule has 41 heavy (non-hydrogen) atoms. The number of amides is 2. The molecule has 0 aliphatic carbocycles. The van der Waals surface area contributed by atoms with Gasteiger partial charge in [0, 0.05) is 0 Å². The van der Waals surface area contributed by atoms with E-state index in [1.165, 1.54) is 4.90 Å². The summed E-state index contributed by atoms with van der Waals surface area (Å²) in [6.07, 6.45) is 1.68. The van der Waals surface area contributed by atoms with Crippen LogP contribution in [0.5, 0.6) is 17.2 Å². The first-order valence-corrected chi connectivity index (χ1v) is 15.5. The van der Waals surface area contributed by atoms with Crippen LogP contribution in [0.3, 0.4) is 0 Å². The predicted molar refractivity (Wildman–Crippen MR) is 170 cm³/mol. The minimum absolute atomic E-state index is 0.156. The lowest BCUT2D eigenvalue weighted by Gasteiger charge is -2.17. The first-order chi connectivity index (χ1) is 19.6. The number of hydrogen-bond donors (Lipinski definition) is 0. The summed E-state index contributed by atoms with van der Waals surface area (Å²) in [4.78, 5) is 27.4. The van der Waals surface area contributed by atoms with Crippen LogP contribution >= 0.6 is 50.9 Å². The van der Waals surface area contributed by atoms with E-state index < -0.39 is 0 Å². The second kappa shape index (κ2) is 14.0. The number of imide groups is 1. The zero-order valence-electron chi connectivity index (χ0n) is 23.1. The first-order valence-electron chi connectivity index (χ1n) is 13.1. The molecule has 216 valence electrons. The van der Waals surface area contributed by atoms with E-state index in [4.69, 9.17) is 37.4 Å². The molecule has 4 rings (SSSR count). The normalized spacial score (nSPS) is 14.3. The fourth-order valence-corrected chi connectivity index (χ4v) is 5.95. The molecule has 1 aliphatic rings. The summed E-state index contributed by atoms with van der Waals surface area (Å²) in [7, 11) is 0. The van der Waals surface area contributed by atoms with Gasteiger partial charge in [-0.2, -0.15) is 0 Å². The largest absolute Gasteiger partial charge is 0.491 e. The molecule has 0 unspecified atom stereocenters. The van der Waals surface area contributed by atoms with Gasteiger partial charge in [0.1, 0.15) is 19.0 Å². The highest BCUT2D eigenvalue weighted by Crippen LogP contribution is 2.40. The Bertz CT molecular complexity index is 1490. The molecule has 3 aromatic rings. The van der Waals surface area contributed by atoms with E-state index in [1.54, 1.807) is 24.3 Å². The van der Waals surface area contributed by atoms with Gasteiger partial charge in [-0.1, -0.05) is 55.2 Å². The maximum atomic E-state index is 13.1. The number of benzene rings is 3. The van der Waals surface area contributed by atoms with Gasteiger partial charge in [0.25, 0.3) is 11.1 Å². The predicted octanol–water partition coefficient (Wildman–Crippen LogP) is 9.28. The molecular formula is C31H30BrCl2NO5S. The first kappa shape index (κ1) is 31.3. The fourth-order valence-electron chi connectivity index (χ4n) is 4.19. The quantitative estimate of drug-likeness (QED) is 0.188. The molecule has 6 nitrogen and oxygen atoms in total. The maximum absolute atomic E-state index is 13.1. The maximum Gasteiger partial charge on any atom is 0.293 e. The summed E-state index contributed by atoms with van der Waals surface area (Å²) >= 11 is 16.6. The zero-order valence-corrected chi connectivity index (χ0v) is 27.0. The summed E-state index contributed by atoms with van der Waals surface area (Å²) in [6.45, 7) is 9.10. The molecule has 0 aromatic heterocycles. The second-order valence-corrected chi connectivity index (χ2v) is 12.3. The van der Waals surface area contributed by atoms with Crippen molar-refractivity contribution < 1.29 is 23.8 Å². The summed E-state index contributed by atoms with van der Waals surface area (Å²) in [5.41, 5.74) is 3.70. The van der Waals surface area contributed by atoms with Crippen molar-refractivity contribution in [3.63, 3.8) is 0 Å². The summed E-state index contributed by atoms with van der Waals surface area (Å²) in [6, 6.07) is 15.0. The van der Waals surface area contributed by atoms with Crippen molar-refractivity contribution in [3.8, 4) is 17.2 Å². The van der Waals surface area contributed by atoms with E-state index in [-0.39, 0.29) is 30.9 Å². The smallest absolute Gasteiger partial charge is 0.293 e. The Balaban J connectivity index is 1.46. The van der Waals surface area contributed by atoms with Crippen LogP contribution < -0.4 is 14.2 Å². The summed E-state index contributed by atoms with van der Waals surface area (Å²) in [5, 5.41) is 0.589. The second-order valence-electron chi connectivity index (χ2n) is 9.68. The van der Waals surface area contributed by atoms with E-state index in [0.29, 0.717) is 49.0 Å². The lowest BCUT2D eigenvalue weighted by atomic mass is 10.0. The Hall–Kier alpha value is -2.65. The van der Waals surface area contributed by atoms with Gasteiger partial charge in [0.15, 0.2) is 11.5 Å². The number of aryl methyl sites for hydroxylation is 1. The molecule has 0 spiro atoms. The Labute approximate surface area is 263 Å². The van der Waals surface area contributed by atoms with Gasteiger partial charge in [-0.3, -0.25) is 14.5 Å². The highest BCUT2D eigenvalue weighted by molar-refractivity contribution is 9.10. The van der Waals surface area contributed by atoms with Crippen molar-refractivity contribution in [2.24, 2.45) is 0 Å². The van der Waals surface area contributed by atoms with Crippen LogP contribution in [0.2, 0.25) is 10.0 Å². The van der Waals surface area contributed by atoms with Crippen LogP contribution in [0.15, 0.2) is 57.9 Å². The van der Waals surface area contributed by atoms with Gasteiger partial charge >= 0.3 is 0 Å². The number of hydrogen-bond acceptors (Lipinski definition) is 6. The molecule has 0 radical (unpaired) electrons. The minimum Gasteiger partial charge on any atom is -0.491 e. The topological polar surface area (TPSA) is 65.1 Å². The van der Waals surface area contributed by atoms with Crippen molar-refractivity contribution in [2.45, 2.75) is 40.2 Å². The number of carbonyl (C=O) groups excluding carboxylic acids is 2. The Morgan fingerprint density at radius 1 is 0.976 bits per heavy atom. The number of nitrogens with zero attached hydrogens (tertiary/aromatic N) is 1. The van der Waals surface area contributed by atoms with Gasteiger partial charge in [-0.15, -0.1) is 0 Å². The molecular weight excluding hydrogens is 649 g/mol. The SMILES string of the molecule is CCOc1cc(/C=C2\SC(=O)N(CCOc3cc(C)ccc3C(C)C)C2=O)cc(Br)c1OCc1ccc(Cl)c(Cl)c1. The molecule has 0 atom stereocenters. The van der Waals surface area contributed by atoms with Crippen molar-refractivity contribution >= 4 is 68.1 Å². The van der Waals surface area contributed by atoms with Crippen LogP contribution in [-0.4, -0.2) is 35.8 Å². The number of halogens is 3.